The highest BCUT2D eigenvalue weighted by Gasteiger charge is 2.42. The zero-order valence-corrected chi connectivity index (χ0v) is 18.6. The second-order valence-electron chi connectivity index (χ2n) is 8.81. The lowest BCUT2D eigenvalue weighted by Crippen LogP contribution is -2.47. The summed E-state index contributed by atoms with van der Waals surface area (Å²) < 4.78 is 90.4. The summed E-state index contributed by atoms with van der Waals surface area (Å²) in [4.78, 5) is 13.5. The Labute approximate surface area is 198 Å². The molecule has 0 bridgehead atoms. The number of nitrogens with zero attached hydrogens (tertiary/aromatic N) is 1. The van der Waals surface area contributed by atoms with Gasteiger partial charge in [-0.25, -0.2) is 4.79 Å². The SMILES string of the molecule is O=C1NCC2(CCN(CCC(Oc3cccc(C(F)(F)F)c3)c3cccc(C(F)(F)F)c3)CC2)O1. The molecule has 2 aromatic carbocycles. The standard InChI is InChI=1S/C24H24F6N2O3/c25-23(26,27)17-4-1-3-16(13-17)20(34-19-6-2-5-18(14-19)24(28,29)30)7-10-32-11-8-22(9-12-32)15-31-21(33)35-22/h1-6,13-14,20H,7-12,15H2,(H,31,33). The van der Waals surface area contributed by atoms with Gasteiger partial charge in [-0.05, 0) is 35.9 Å². The fourth-order valence-electron chi connectivity index (χ4n) is 4.38. The first-order valence-electron chi connectivity index (χ1n) is 11.1. The van der Waals surface area contributed by atoms with Gasteiger partial charge in [0.25, 0.3) is 0 Å². The van der Waals surface area contributed by atoms with Crippen molar-refractivity contribution in [1.82, 2.24) is 10.2 Å². The number of likely N-dealkylation sites (tertiary alicyclic amines) is 1. The van der Waals surface area contributed by atoms with Crippen molar-refractivity contribution < 1.29 is 40.6 Å². The molecule has 2 saturated heterocycles. The van der Waals surface area contributed by atoms with E-state index in [4.69, 9.17) is 9.47 Å². The van der Waals surface area contributed by atoms with Crippen LogP contribution in [-0.4, -0.2) is 42.8 Å². The lowest BCUT2D eigenvalue weighted by Gasteiger charge is -2.37. The number of amides is 1. The number of carbonyl (C=O) groups is 1. The van der Waals surface area contributed by atoms with Crippen molar-refractivity contribution >= 4 is 6.09 Å². The molecule has 2 fully saturated rings. The minimum Gasteiger partial charge on any atom is -0.486 e. The number of ether oxygens (including phenoxy) is 2. The van der Waals surface area contributed by atoms with Crippen molar-refractivity contribution in [1.29, 1.82) is 0 Å². The Morgan fingerprint density at radius 2 is 1.60 bits per heavy atom. The summed E-state index contributed by atoms with van der Waals surface area (Å²) in [6.45, 7) is 2.09. The number of halogens is 6. The summed E-state index contributed by atoms with van der Waals surface area (Å²) in [5, 5.41) is 2.65. The third kappa shape index (κ3) is 6.19. The molecule has 0 saturated carbocycles. The maximum atomic E-state index is 13.3. The van der Waals surface area contributed by atoms with Crippen molar-refractivity contribution in [2.45, 2.75) is 43.3 Å². The van der Waals surface area contributed by atoms with Gasteiger partial charge >= 0.3 is 18.4 Å². The van der Waals surface area contributed by atoms with Crippen molar-refractivity contribution in [3.05, 3.63) is 65.2 Å². The van der Waals surface area contributed by atoms with Crippen LogP contribution in [0.5, 0.6) is 5.75 Å². The van der Waals surface area contributed by atoms with E-state index >= 15 is 0 Å². The van der Waals surface area contributed by atoms with Gasteiger partial charge in [-0.15, -0.1) is 0 Å². The number of carbonyl (C=O) groups excluding carboxylic acids is 1. The number of hydrogen-bond acceptors (Lipinski definition) is 4. The molecule has 1 amide bonds. The number of hydrogen-bond donors (Lipinski definition) is 1. The highest BCUT2D eigenvalue weighted by Crippen LogP contribution is 2.36. The molecule has 2 heterocycles. The smallest absolute Gasteiger partial charge is 0.416 e. The Hall–Kier alpha value is -2.95. The van der Waals surface area contributed by atoms with Crippen molar-refractivity contribution in [2.24, 2.45) is 0 Å². The number of piperidine rings is 1. The van der Waals surface area contributed by atoms with Crippen LogP contribution in [0.15, 0.2) is 48.5 Å². The molecule has 5 nitrogen and oxygen atoms in total. The Kier molecular flexibility index (Phi) is 6.90. The topological polar surface area (TPSA) is 50.8 Å². The Morgan fingerprint density at radius 1 is 0.971 bits per heavy atom. The molecule has 1 unspecified atom stereocenters. The molecule has 2 aliphatic rings. The Bertz CT molecular complexity index is 1050. The van der Waals surface area contributed by atoms with Crippen molar-refractivity contribution in [3.8, 4) is 5.75 Å². The minimum absolute atomic E-state index is 0.0798. The summed E-state index contributed by atoms with van der Waals surface area (Å²) in [6.07, 6.45) is -9.02. The molecule has 1 spiro atoms. The highest BCUT2D eigenvalue weighted by atomic mass is 19.4. The van der Waals surface area contributed by atoms with E-state index < -0.39 is 41.3 Å². The first-order valence-corrected chi connectivity index (χ1v) is 11.1. The molecule has 2 aromatic rings. The first-order chi connectivity index (χ1) is 16.4. The average molecular weight is 502 g/mol. The fraction of sp³-hybridized carbons (Fsp3) is 0.458. The van der Waals surface area contributed by atoms with Crippen molar-refractivity contribution in [3.63, 3.8) is 0 Å². The van der Waals surface area contributed by atoms with Crippen LogP contribution in [0.1, 0.15) is 42.1 Å². The lowest BCUT2D eigenvalue weighted by molar-refractivity contribution is -0.138. The summed E-state index contributed by atoms with van der Waals surface area (Å²) in [7, 11) is 0. The molecular formula is C24H24F6N2O3. The van der Waals surface area contributed by atoms with E-state index in [0.29, 0.717) is 39.0 Å². The number of benzene rings is 2. The number of alkyl carbamates (subject to hydrolysis) is 1. The lowest BCUT2D eigenvalue weighted by atomic mass is 9.91. The molecule has 4 rings (SSSR count). The second kappa shape index (κ2) is 9.60. The van der Waals surface area contributed by atoms with Gasteiger partial charge in [0.15, 0.2) is 0 Å². The van der Waals surface area contributed by atoms with E-state index in [1.165, 1.54) is 24.3 Å². The zero-order chi connectivity index (χ0) is 25.3. The molecule has 1 N–H and O–H groups in total. The average Bonchev–Trinajstić information content (AvgIpc) is 3.17. The predicted octanol–water partition coefficient (Wildman–Crippen LogP) is 5.81. The molecule has 0 radical (unpaired) electrons. The summed E-state index contributed by atoms with van der Waals surface area (Å²) >= 11 is 0. The molecule has 11 heteroatoms. The Morgan fingerprint density at radius 3 is 2.20 bits per heavy atom. The van der Waals surface area contributed by atoms with Crippen LogP contribution in [-0.2, 0) is 17.1 Å². The zero-order valence-electron chi connectivity index (χ0n) is 18.6. The maximum Gasteiger partial charge on any atom is 0.416 e. The molecule has 1 atom stereocenters. The van der Waals surface area contributed by atoms with Crippen LogP contribution in [0.2, 0.25) is 0 Å². The van der Waals surface area contributed by atoms with E-state index in [-0.39, 0.29) is 17.7 Å². The second-order valence-corrected chi connectivity index (χ2v) is 8.81. The van der Waals surface area contributed by atoms with Gasteiger partial charge in [0.2, 0.25) is 0 Å². The molecule has 35 heavy (non-hydrogen) atoms. The summed E-state index contributed by atoms with van der Waals surface area (Å²) in [5.41, 5.74) is -2.08. The third-order valence-electron chi connectivity index (χ3n) is 6.36. The highest BCUT2D eigenvalue weighted by molar-refractivity contribution is 5.70. The van der Waals surface area contributed by atoms with Gasteiger partial charge in [0, 0.05) is 38.9 Å². The van der Waals surface area contributed by atoms with Gasteiger partial charge in [0.05, 0.1) is 17.7 Å². The quantitative estimate of drug-likeness (QED) is 0.507. The number of alkyl halides is 6. The van der Waals surface area contributed by atoms with Gasteiger partial charge in [0.1, 0.15) is 17.5 Å². The van der Waals surface area contributed by atoms with E-state index in [2.05, 4.69) is 10.2 Å². The maximum absolute atomic E-state index is 13.3. The van der Waals surface area contributed by atoms with Crippen LogP contribution < -0.4 is 10.1 Å². The minimum atomic E-state index is -4.58. The first kappa shape index (κ1) is 25.2. The molecular weight excluding hydrogens is 478 g/mol. The predicted molar refractivity (Wildman–Crippen MR) is 114 cm³/mol. The number of nitrogens with one attached hydrogen (secondary N) is 1. The van der Waals surface area contributed by atoms with Crippen LogP contribution in [0, 0.1) is 0 Å². The normalized spacial score (nSPS) is 19.3. The van der Waals surface area contributed by atoms with Gasteiger partial charge < -0.3 is 19.7 Å². The van der Waals surface area contributed by atoms with Crippen LogP contribution in [0.3, 0.4) is 0 Å². The Balaban J connectivity index is 1.49. The monoisotopic (exact) mass is 502 g/mol. The largest absolute Gasteiger partial charge is 0.486 e. The van der Waals surface area contributed by atoms with E-state index in [0.717, 1.165) is 24.3 Å². The van der Waals surface area contributed by atoms with Crippen molar-refractivity contribution in [2.75, 3.05) is 26.2 Å². The summed E-state index contributed by atoms with van der Waals surface area (Å²) in [5.74, 6) is -0.0798. The summed E-state index contributed by atoms with van der Waals surface area (Å²) in [6, 6.07) is 8.92. The van der Waals surface area contributed by atoms with Gasteiger partial charge in [-0.3, -0.25) is 0 Å². The van der Waals surface area contributed by atoms with Crippen LogP contribution in [0.25, 0.3) is 0 Å². The van der Waals surface area contributed by atoms with E-state index in [9.17, 15) is 31.1 Å². The number of rotatable bonds is 6. The van der Waals surface area contributed by atoms with Gasteiger partial charge in [-0.2, -0.15) is 26.3 Å². The van der Waals surface area contributed by atoms with Crippen LogP contribution >= 0.6 is 0 Å². The molecule has 2 aliphatic heterocycles. The third-order valence-corrected chi connectivity index (χ3v) is 6.36. The van der Waals surface area contributed by atoms with Crippen LogP contribution in [0.4, 0.5) is 31.1 Å². The molecule has 0 aromatic heterocycles. The van der Waals surface area contributed by atoms with E-state index in [1.54, 1.807) is 0 Å². The molecule has 190 valence electrons. The van der Waals surface area contributed by atoms with E-state index in [1.807, 2.05) is 0 Å². The fourth-order valence-corrected chi connectivity index (χ4v) is 4.38. The molecule has 0 aliphatic carbocycles. The van der Waals surface area contributed by atoms with Gasteiger partial charge in [-0.1, -0.05) is 18.2 Å².